The molecule has 0 unspecified atom stereocenters. The molecule has 0 aliphatic carbocycles. The molecule has 2 aliphatic rings. The summed E-state index contributed by atoms with van der Waals surface area (Å²) in [5, 5.41) is 16.5. The number of amides is 4. The highest BCUT2D eigenvalue weighted by Crippen LogP contribution is 2.41. The second kappa shape index (κ2) is 11.1. The first-order chi connectivity index (χ1) is 19.0. The Hall–Kier alpha value is -3.60. The Kier molecular flexibility index (Phi) is 7.76. The molecular formula is C28H31Cl2N7O3. The van der Waals surface area contributed by atoms with Gasteiger partial charge in [-0.2, -0.15) is 5.10 Å². The highest BCUT2D eigenvalue weighted by Gasteiger charge is 2.44. The van der Waals surface area contributed by atoms with E-state index in [1.54, 1.807) is 47.4 Å². The first-order valence-electron chi connectivity index (χ1n) is 13.1. The average molecular weight is 585 g/mol. The van der Waals surface area contributed by atoms with E-state index in [2.05, 4.69) is 38.1 Å². The van der Waals surface area contributed by atoms with Gasteiger partial charge in [-0.25, -0.2) is 4.79 Å². The molecule has 0 atom stereocenters. The number of aromatic nitrogens is 2. The van der Waals surface area contributed by atoms with Crippen LogP contribution in [-0.4, -0.2) is 58.0 Å². The quantitative estimate of drug-likeness (QED) is 0.314. The lowest BCUT2D eigenvalue weighted by atomic mass is 9.96. The van der Waals surface area contributed by atoms with Crippen molar-refractivity contribution < 1.29 is 14.4 Å². The zero-order valence-electron chi connectivity index (χ0n) is 22.5. The number of likely N-dealkylation sites (tertiary alicyclic amines) is 1. The van der Waals surface area contributed by atoms with Crippen molar-refractivity contribution in [2.45, 2.75) is 38.8 Å². The van der Waals surface area contributed by atoms with Crippen LogP contribution >= 0.6 is 23.2 Å². The van der Waals surface area contributed by atoms with Crippen molar-refractivity contribution >= 4 is 58.2 Å². The molecule has 1 fully saturated rings. The van der Waals surface area contributed by atoms with Gasteiger partial charge in [0.15, 0.2) is 5.82 Å². The first kappa shape index (κ1) is 27.9. The van der Waals surface area contributed by atoms with Crippen LogP contribution in [0.15, 0.2) is 42.5 Å². The van der Waals surface area contributed by atoms with Crippen LogP contribution in [0.2, 0.25) is 10.0 Å². The van der Waals surface area contributed by atoms with Gasteiger partial charge in [-0.3, -0.25) is 14.7 Å². The average Bonchev–Trinajstić information content (AvgIpc) is 3.44. The second-order valence-corrected chi connectivity index (χ2v) is 11.5. The number of carbonyl (C=O) groups excluding carboxylic acids is 3. The monoisotopic (exact) mass is 583 g/mol. The lowest BCUT2D eigenvalue weighted by molar-refractivity contribution is -0.121. The minimum atomic E-state index is -0.739. The van der Waals surface area contributed by atoms with Crippen LogP contribution < -0.4 is 16.0 Å². The maximum atomic E-state index is 13.2. The Morgan fingerprint density at radius 3 is 2.27 bits per heavy atom. The van der Waals surface area contributed by atoms with Gasteiger partial charge >= 0.3 is 6.03 Å². The summed E-state index contributed by atoms with van der Waals surface area (Å²) < 4.78 is 0. The predicted octanol–water partition coefficient (Wildman–Crippen LogP) is 5.53. The smallest absolute Gasteiger partial charge is 0.323 e. The summed E-state index contributed by atoms with van der Waals surface area (Å²) in [5.74, 6) is -0.0104. The summed E-state index contributed by atoms with van der Waals surface area (Å²) in [7, 11) is 2.06. The van der Waals surface area contributed by atoms with Crippen molar-refractivity contribution in [2.75, 3.05) is 36.1 Å². The van der Waals surface area contributed by atoms with Gasteiger partial charge in [0, 0.05) is 22.7 Å². The Balaban J connectivity index is 1.23. The fraction of sp³-hybridized carbons (Fsp3) is 0.357. The van der Waals surface area contributed by atoms with E-state index >= 15 is 0 Å². The second-order valence-electron chi connectivity index (χ2n) is 10.7. The summed E-state index contributed by atoms with van der Waals surface area (Å²) in [6, 6.07) is 11.3. The van der Waals surface area contributed by atoms with Gasteiger partial charge in [0.05, 0.1) is 33.5 Å². The highest BCUT2D eigenvalue weighted by atomic mass is 35.5. The van der Waals surface area contributed by atoms with E-state index < -0.39 is 5.54 Å². The third kappa shape index (κ3) is 5.52. The van der Waals surface area contributed by atoms with E-state index in [1.165, 1.54) is 0 Å². The molecule has 3 aromatic rings. The van der Waals surface area contributed by atoms with E-state index in [1.807, 2.05) is 13.8 Å². The van der Waals surface area contributed by atoms with Crippen LogP contribution in [0.5, 0.6) is 0 Å². The third-order valence-corrected chi connectivity index (χ3v) is 8.28. The van der Waals surface area contributed by atoms with Gasteiger partial charge in [0.25, 0.3) is 5.91 Å². The molecule has 0 bridgehead atoms. The molecule has 2 aromatic carbocycles. The summed E-state index contributed by atoms with van der Waals surface area (Å²) in [5.41, 5.74) is 2.07. The van der Waals surface area contributed by atoms with Gasteiger partial charge in [0.2, 0.25) is 5.91 Å². The number of fused-ring (bicyclic) bond motifs is 1. The Morgan fingerprint density at radius 2 is 1.62 bits per heavy atom. The van der Waals surface area contributed by atoms with E-state index in [-0.39, 0.29) is 30.3 Å². The van der Waals surface area contributed by atoms with Crippen LogP contribution in [0, 0.1) is 5.92 Å². The number of hydrogen-bond acceptors (Lipinski definition) is 5. The van der Waals surface area contributed by atoms with Crippen LogP contribution in [-0.2, 0) is 16.9 Å². The number of nitrogens with one attached hydrogen (secondary N) is 4. The van der Waals surface area contributed by atoms with E-state index in [0.29, 0.717) is 38.4 Å². The molecule has 210 valence electrons. The van der Waals surface area contributed by atoms with E-state index in [4.69, 9.17) is 23.2 Å². The lowest BCUT2D eigenvalue weighted by Crippen LogP contribution is -2.43. The molecule has 0 saturated carbocycles. The van der Waals surface area contributed by atoms with Crippen molar-refractivity contribution in [1.29, 1.82) is 0 Å². The highest BCUT2D eigenvalue weighted by molar-refractivity contribution is 6.39. The van der Waals surface area contributed by atoms with Crippen molar-refractivity contribution in [3.05, 3.63) is 69.3 Å². The molecule has 10 nitrogen and oxygen atoms in total. The summed E-state index contributed by atoms with van der Waals surface area (Å²) >= 11 is 12.5. The number of H-pyrrole nitrogens is 1. The number of anilines is 3. The number of para-hydroxylation sites is 1. The molecule has 5 rings (SSSR count). The number of benzene rings is 2. The van der Waals surface area contributed by atoms with Crippen molar-refractivity contribution in [1.82, 2.24) is 20.0 Å². The maximum Gasteiger partial charge on any atom is 0.323 e. The zero-order chi connectivity index (χ0) is 28.6. The zero-order valence-corrected chi connectivity index (χ0v) is 24.0. The number of carbonyl (C=O) groups is 3. The molecule has 1 aromatic heterocycles. The Morgan fingerprint density at radius 1 is 0.975 bits per heavy atom. The molecule has 2 aliphatic heterocycles. The molecule has 0 spiro atoms. The molecule has 4 N–H and O–H groups in total. The van der Waals surface area contributed by atoms with Crippen LogP contribution in [0.1, 0.15) is 48.3 Å². The van der Waals surface area contributed by atoms with Crippen molar-refractivity contribution in [3.8, 4) is 0 Å². The maximum absolute atomic E-state index is 13.2. The summed E-state index contributed by atoms with van der Waals surface area (Å²) in [6.07, 6.45) is 1.67. The minimum Gasteiger partial charge on any atom is -0.326 e. The molecule has 1 saturated heterocycles. The molecule has 3 heterocycles. The van der Waals surface area contributed by atoms with Crippen molar-refractivity contribution in [2.24, 2.45) is 5.92 Å². The van der Waals surface area contributed by atoms with Crippen LogP contribution in [0.3, 0.4) is 0 Å². The number of piperidine rings is 1. The topological polar surface area (TPSA) is 122 Å². The fourth-order valence-electron chi connectivity index (χ4n) is 5.14. The Labute approximate surface area is 242 Å². The number of hydrogen-bond donors (Lipinski definition) is 4. The molecule has 40 heavy (non-hydrogen) atoms. The van der Waals surface area contributed by atoms with Crippen molar-refractivity contribution in [3.63, 3.8) is 0 Å². The van der Waals surface area contributed by atoms with E-state index in [0.717, 1.165) is 31.6 Å². The Bertz CT molecular complexity index is 1430. The van der Waals surface area contributed by atoms with Gasteiger partial charge in [-0.05, 0) is 83.2 Å². The number of urea groups is 1. The first-order valence-corrected chi connectivity index (χ1v) is 13.8. The van der Waals surface area contributed by atoms with Gasteiger partial charge in [0.1, 0.15) is 0 Å². The van der Waals surface area contributed by atoms with E-state index in [9.17, 15) is 14.4 Å². The molecule has 0 radical (unpaired) electrons. The molecule has 12 heteroatoms. The number of rotatable bonds is 5. The summed E-state index contributed by atoms with van der Waals surface area (Å²) in [4.78, 5) is 42.7. The summed E-state index contributed by atoms with van der Waals surface area (Å²) in [6.45, 7) is 5.79. The lowest BCUT2D eigenvalue weighted by Gasteiger charge is -2.32. The van der Waals surface area contributed by atoms with Gasteiger partial charge in [-0.1, -0.05) is 29.3 Å². The molecule has 4 amide bonds. The van der Waals surface area contributed by atoms with Crippen LogP contribution in [0.25, 0.3) is 0 Å². The van der Waals surface area contributed by atoms with Gasteiger partial charge in [-0.15, -0.1) is 0 Å². The third-order valence-electron chi connectivity index (χ3n) is 7.65. The number of halogens is 2. The number of aromatic amines is 1. The molecular weight excluding hydrogens is 553 g/mol. The number of nitrogens with zero attached hydrogens (tertiary/aromatic N) is 3. The fourth-order valence-corrected chi connectivity index (χ4v) is 5.63. The minimum absolute atomic E-state index is 0.00500. The largest absolute Gasteiger partial charge is 0.326 e. The standard InChI is InChI=1S/C28H31Cl2N7O3/c1-28(2)23-19(15-37(28)27(40)32-22-20(29)5-4-6-21(22)30)24(35-34-23)33-26(39)16-7-9-18(10-8-16)31-25(38)17-11-13-36(3)14-12-17/h4-10,17H,11-15H2,1-3H3,(H,31,38)(H,32,40)(H2,33,34,35,39). The SMILES string of the molecule is CN1CCC(C(=O)Nc2ccc(C(=O)Nc3n[nH]c4c3CN(C(=O)Nc3c(Cl)cccc3Cl)C4(C)C)cc2)CC1. The predicted molar refractivity (Wildman–Crippen MR) is 156 cm³/mol. The van der Waals surface area contributed by atoms with Crippen LogP contribution in [0.4, 0.5) is 22.0 Å². The van der Waals surface area contributed by atoms with Gasteiger partial charge < -0.3 is 25.8 Å². The normalized spacial score (nSPS) is 16.9.